The highest BCUT2D eigenvalue weighted by Crippen LogP contribution is 2.36. The zero-order chi connectivity index (χ0) is 63.0. The number of aliphatic hydroxyl groups excluding tert-OH is 1. The molecule has 0 radical (unpaired) electrons. The molecule has 0 fully saturated rings. The van der Waals surface area contributed by atoms with E-state index in [2.05, 4.69) is 51.6 Å². The maximum atomic E-state index is 10.2. The number of aryl methyl sites for hydroxylation is 4. The van der Waals surface area contributed by atoms with Crippen molar-refractivity contribution in [3.8, 4) is 0 Å². The number of benzene rings is 8. The Kier molecular flexibility index (Phi) is 34.0. The Balaban J connectivity index is 0.000000231. The van der Waals surface area contributed by atoms with E-state index in [0.717, 1.165) is 89.4 Å². The number of aliphatic hydroxyl groups is 1. The fourth-order valence-corrected chi connectivity index (χ4v) is 11.2. The Morgan fingerprint density at radius 2 is 0.767 bits per heavy atom. The largest absolute Gasteiger partial charge is 0.384 e. The highest BCUT2D eigenvalue weighted by Gasteiger charge is 2.18. The van der Waals surface area contributed by atoms with Gasteiger partial charge in [-0.2, -0.15) is 0 Å². The van der Waals surface area contributed by atoms with Crippen LogP contribution in [0, 0.1) is 51.4 Å². The molecule has 0 aliphatic carbocycles. The van der Waals surface area contributed by atoms with Crippen LogP contribution in [0.5, 0.6) is 0 Å². The fraction of sp³-hybridized carbons (Fsp3) is 0.368. The molecule has 0 amide bonds. The van der Waals surface area contributed by atoms with Crippen LogP contribution >= 0.6 is 58.0 Å². The van der Waals surface area contributed by atoms with Crippen molar-refractivity contribution in [2.75, 3.05) is 0 Å². The van der Waals surface area contributed by atoms with Gasteiger partial charge in [-0.25, -0.2) is 0 Å². The maximum Gasteiger partial charge on any atom is 0.105 e. The molecule has 0 bridgehead atoms. The summed E-state index contributed by atoms with van der Waals surface area (Å²) in [6.45, 7) is 22.3. The van der Waals surface area contributed by atoms with E-state index in [-0.39, 0.29) is 17.5 Å². The molecule has 8 rings (SSSR count). The number of nitrogens with two attached hydrogens (primary N) is 1. The van der Waals surface area contributed by atoms with Crippen molar-refractivity contribution < 1.29 is 5.11 Å². The average molecular weight is 1260 g/mol. The molecule has 7 unspecified atom stereocenters. The van der Waals surface area contributed by atoms with Crippen molar-refractivity contribution in [1.82, 2.24) is 0 Å². The third kappa shape index (κ3) is 26.4. The number of halogens is 5. The summed E-state index contributed by atoms with van der Waals surface area (Å²) in [6, 6.07) is 61.8. The first kappa shape index (κ1) is 72.9. The molecular weight excluding hydrogens is 1160 g/mol. The predicted molar refractivity (Wildman–Crippen MR) is 373 cm³/mol. The van der Waals surface area contributed by atoms with Crippen molar-refractivity contribution in [3.05, 3.63) is 291 Å². The van der Waals surface area contributed by atoms with Crippen molar-refractivity contribution in [2.24, 2.45) is 34.5 Å². The van der Waals surface area contributed by atoms with Gasteiger partial charge in [-0.05, 0) is 120 Å². The van der Waals surface area contributed by atoms with Gasteiger partial charge in [0.15, 0.2) is 0 Å². The molecule has 5 nitrogen and oxygen atoms in total. The third-order valence-electron chi connectivity index (χ3n) is 15.4. The first-order valence-corrected chi connectivity index (χ1v) is 32.5. The summed E-state index contributed by atoms with van der Waals surface area (Å²) < 4.78 is 0. The molecule has 86 heavy (non-hydrogen) atoms. The smallest absolute Gasteiger partial charge is 0.105 e. The topological polar surface area (TPSA) is 95.0 Å². The molecule has 0 saturated carbocycles. The van der Waals surface area contributed by atoms with Gasteiger partial charge in [-0.3, -0.25) is 0 Å². The summed E-state index contributed by atoms with van der Waals surface area (Å²) in [4.78, 5) is 2.93. The van der Waals surface area contributed by atoms with E-state index < -0.39 is 6.10 Å². The van der Waals surface area contributed by atoms with E-state index >= 15 is 0 Å². The molecule has 0 aliphatic rings. The van der Waals surface area contributed by atoms with Gasteiger partial charge in [-0.15, -0.1) is 11.6 Å². The molecule has 7 atom stereocenters. The SMILES string of the molecule is CCC(C)CCCC(C)CCCC(C)CCCC(C)C.Cc1ccc(Cl)c(C(Cl)c2ccccc2)c1.Cc1ccc(Cl)c(C(N)c2ccccc2)c1.Cc1ccc(Cl)c(C(N=[N+]=[N-])c2ccccc2)c1.Cc1ccc(Cl)c(C(O)c2ccccc2)c1. The minimum Gasteiger partial charge on any atom is -0.384 e. The van der Waals surface area contributed by atoms with Gasteiger partial charge in [0.25, 0.3) is 0 Å². The minimum atomic E-state index is -0.659. The summed E-state index contributed by atoms with van der Waals surface area (Å²) in [6.07, 6.45) is 13.7. The quantitative estimate of drug-likeness (QED) is 0.0306. The first-order chi connectivity index (χ1) is 41.2. The molecule has 3 N–H and O–H groups in total. The van der Waals surface area contributed by atoms with E-state index in [1.165, 1.54) is 75.3 Å². The Bertz CT molecular complexity index is 2990. The lowest BCUT2D eigenvalue weighted by Gasteiger charge is -2.15. The van der Waals surface area contributed by atoms with Crippen LogP contribution in [0.25, 0.3) is 10.4 Å². The lowest BCUT2D eigenvalue weighted by atomic mass is 9.91. The summed E-state index contributed by atoms with van der Waals surface area (Å²) in [5, 5.41) is 16.5. The Morgan fingerprint density at radius 3 is 1.20 bits per heavy atom. The van der Waals surface area contributed by atoms with Crippen LogP contribution in [0.4, 0.5) is 0 Å². The van der Waals surface area contributed by atoms with Crippen LogP contribution < -0.4 is 5.73 Å². The maximum absolute atomic E-state index is 10.2. The standard InChI is InChI=1S/C20H42.C14H12Cl2.C14H12ClN3.C14H14ClN.C14H13ClO/c1-7-18(4)12-9-14-20(6)16-10-15-19(5)13-8-11-17(2)3;1-10-7-8-13(15)12(9-10)14(16)11-5-3-2-4-6-11;1-10-7-8-13(15)12(9-10)14(17-18-16)11-5-3-2-4-6-11;2*1-10-7-8-13(15)12(9-10)14(16)11-5-3-2-4-6-11/h17-20H,7-16H2,1-6H3;2-9,14H,1H3;2-9,14H,1H3;2-9,14H,16H2,1H3;2-9,14,16H,1H3. The number of hydrogen-bond donors (Lipinski definition) is 2. The van der Waals surface area contributed by atoms with Crippen molar-refractivity contribution in [3.63, 3.8) is 0 Å². The molecule has 0 spiro atoms. The van der Waals surface area contributed by atoms with E-state index in [4.69, 9.17) is 69.3 Å². The first-order valence-electron chi connectivity index (χ1n) is 30.6. The Morgan fingerprint density at radius 1 is 0.430 bits per heavy atom. The number of azide groups is 1. The number of alkyl halides is 1. The van der Waals surface area contributed by atoms with Crippen molar-refractivity contribution in [1.29, 1.82) is 0 Å². The van der Waals surface area contributed by atoms with Crippen molar-refractivity contribution >= 4 is 58.0 Å². The zero-order valence-electron chi connectivity index (χ0n) is 52.4. The third-order valence-corrected chi connectivity index (χ3v) is 17.3. The zero-order valence-corrected chi connectivity index (χ0v) is 56.2. The number of nitrogens with zero attached hydrogens (tertiary/aromatic N) is 3. The van der Waals surface area contributed by atoms with Gasteiger partial charge in [0.05, 0.1) is 17.5 Å². The van der Waals surface area contributed by atoms with Gasteiger partial charge in [0.1, 0.15) is 6.10 Å². The lowest BCUT2D eigenvalue weighted by molar-refractivity contribution is 0.220. The second-order valence-corrected chi connectivity index (χ2v) is 25.6. The predicted octanol–water partition coefficient (Wildman–Crippen LogP) is 24.9. The molecule has 10 heteroatoms. The van der Waals surface area contributed by atoms with Gasteiger partial charge in [0.2, 0.25) is 0 Å². The van der Waals surface area contributed by atoms with Gasteiger partial charge in [0, 0.05) is 30.6 Å². The van der Waals surface area contributed by atoms with Gasteiger partial charge in [-0.1, -0.05) is 349 Å². The van der Waals surface area contributed by atoms with Crippen LogP contribution in [0.3, 0.4) is 0 Å². The molecule has 8 aromatic rings. The monoisotopic (exact) mass is 1250 g/mol. The van der Waals surface area contributed by atoms with Crippen LogP contribution in [0.2, 0.25) is 20.1 Å². The second-order valence-electron chi connectivity index (χ2n) is 23.5. The van der Waals surface area contributed by atoms with E-state index in [1.54, 1.807) is 0 Å². The second kappa shape index (κ2) is 40.1. The summed E-state index contributed by atoms with van der Waals surface area (Å²) in [5.74, 6) is 3.71. The van der Waals surface area contributed by atoms with Gasteiger partial charge >= 0.3 is 0 Å². The van der Waals surface area contributed by atoms with Crippen molar-refractivity contribution in [2.45, 2.75) is 157 Å². The van der Waals surface area contributed by atoms with E-state index in [9.17, 15) is 5.11 Å². The molecule has 0 aliphatic heterocycles. The fourth-order valence-electron chi connectivity index (χ4n) is 9.95. The van der Waals surface area contributed by atoms with Crippen LogP contribution in [0.15, 0.2) is 199 Å². The lowest BCUT2D eigenvalue weighted by Crippen LogP contribution is -2.12. The number of rotatable bonds is 22. The van der Waals surface area contributed by atoms with E-state index in [0.29, 0.717) is 10.0 Å². The number of hydrogen-bond acceptors (Lipinski definition) is 3. The summed E-state index contributed by atoms with van der Waals surface area (Å²) in [5.41, 5.74) is 26.9. The summed E-state index contributed by atoms with van der Waals surface area (Å²) >= 11 is 31.0. The molecule has 458 valence electrons. The Labute approximate surface area is 542 Å². The highest BCUT2D eigenvalue weighted by molar-refractivity contribution is 6.33. The summed E-state index contributed by atoms with van der Waals surface area (Å²) in [7, 11) is 0. The molecule has 0 saturated heterocycles. The highest BCUT2D eigenvalue weighted by atomic mass is 35.5. The van der Waals surface area contributed by atoms with Gasteiger partial charge < -0.3 is 10.8 Å². The average Bonchev–Trinajstić information content (AvgIpc) is 2.97. The molecular formula is C76H93Cl5N4O. The van der Waals surface area contributed by atoms with Crippen LogP contribution in [-0.2, 0) is 0 Å². The normalized spacial score (nSPS) is 13.2. The molecule has 0 heterocycles. The molecule has 0 aromatic heterocycles. The van der Waals surface area contributed by atoms with E-state index in [1.807, 2.05) is 222 Å². The Hall–Kier alpha value is -5.56. The minimum absolute atomic E-state index is 0.159. The van der Waals surface area contributed by atoms with Crippen LogP contribution in [-0.4, -0.2) is 5.11 Å². The van der Waals surface area contributed by atoms with Crippen LogP contribution in [0.1, 0.15) is 196 Å². The molecule has 8 aromatic carbocycles.